The van der Waals surface area contributed by atoms with E-state index in [4.69, 9.17) is 4.74 Å². The van der Waals surface area contributed by atoms with E-state index in [1.165, 1.54) is 47.1 Å². The van der Waals surface area contributed by atoms with Crippen LogP contribution in [0.1, 0.15) is 16.1 Å². The van der Waals surface area contributed by atoms with Gasteiger partial charge in [0.15, 0.2) is 5.78 Å². The van der Waals surface area contributed by atoms with Crippen LogP contribution in [0.3, 0.4) is 0 Å². The quantitative estimate of drug-likeness (QED) is 0.393. The second-order valence-corrected chi connectivity index (χ2v) is 5.42. The highest BCUT2D eigenvalue weighted by Gasteiger charge is 2.10. The second-order valence-electron chi connectivity index (χ2n) is 5.42. The fourth-order valence-electron chi connectivity index (χ4n) is 2.21. The molecule has 0 unspecified atom stereocenters. The zero-order chi connectivity index (χ0) is 18.5. The van der Waals surface area contributed by atoms with Crippen molar-refractivity contribution < 1.29 is 19.6 Å². The summed E-state index contributed by atoms with van der Waals surface area (Å²) < 4.78 is 6.84. The molecule has 2 aromatic carbocycles. The van der Waals surface area contributed by atoms with E-state index in [1.807, 2.05) is 0 Å². The molecule has 9 nitrogen and oxygen atoms in total. The topological polar surface area (TPSA) is 120 Å². The number of aromatic hydroxyl groups is 1. The Morgan fingerprint density at radius 1 is 1.23 bits per heavy atom. The van der Waals surface area contributed by atoms with E-state index in [9.17, 15) is 20.0 Å². The van der Waals surface area contributed by atoms with Crippen LogP contribution in [-0.4, -0.2) is 30.8 Å². The molecular weight excluding hydrogens is 340 g/mol. The number of nitrogens with zero attached hydrogens (tertiary/aromatic N) is 4. The Kier molecular flexibility index (Phi) is 4.88. The molecule has 0 fully saturated rings. The third-order valence-electron chi connectivity index (χ3n) is 3.50. The smallest absolute Gasteiger partial charge is 0.273 e. The summed E-state index contributed by atoms with van der Waals surface area (Å²) in [5, 5.41) is 27.8. The van der Waals surface area contributed by atoms with E-state index < -0.39 is 4.92 Å². The summed E-state index contributed by atoms with van der Waals surface area (Å²) in [6.45, 7) is 0.0587. The number of carbonyl (C=O) groups excluding carboxylic acids is 1. The summed E-state index contributed by atoms with van der Waals surface area (Å²) in [6.07, 6.45) is 1.57. The summed E-state index contributed by atoms with van der Waals surface area (Å²) >= 11 is 0. The van der Waals surface area contributed by atoms with Crippen molar-refractivity contribution in [3.8, 4) is 11.5 Å². The van der Waals surface area contributed by atoms with Crippen LogP contribution in [0, 0.1) is 10.1 Å². The van der Waals surface area contributed by atoms with E-state index in [0.29, 0.717) is 17.0 Å². The fourth-order valence-corrected chi connectivity index (χ4v) is 2.21. The molecule has 9 heteroatoms. The predicted molar refractivity (Wildman–Crippen MR) is 89.9 cm³/mol. The number of ether oxygens (including phenoxy) is 1. The molecule has 0 bridgehead atoms. The number of ketones is 1. The molecule has 0 spiro atoms. The zero-order valence-electron chi connectivity index (χ0n) is 13.5. The largest absolute Gasteiger partial charge is 0.508 e. The lowest BCUT2D eigenvalue weighted by Gasteiger charge is -2.03. The van der Waals surface area contributed by atoms with Gasteiger partial charge in [-0.3, -0.25) is 14.9 Å². The van der Waals surface area contributed by atoms with Crippen LogP contribution in [0.25, 0.3) is 0 Å². The van der Waals surface area contributed by atoms with Crippen molar-refractivity contribution in [2.75, 3.05) is 0 Å². The summed E-state index contributed by atoms with van der Waals surface area (Å²) in [7, 11) is 0. The lowest BCUT2D eigenvalue weighted by atomic mass is 10.1. The van der Waals surface area contributed by atoms with Crippen molar-refractivity contribution in [1.29, 1.82) is 0 Å². The highest BCUT2D eigenvalue weighted by atomic mass is 16.6. The van der Waals surface area contributed by atoms with Gasteiger partial charge in [-0.2, -0.15) is 0 Å². The number of non-ortho nitro benzene ring substituents is 1. The van der Waals surface area contributed by atoms with Gasteiger partial charge in [0, 0.05) is 11.6 Å². The van der Waals surface area contributed by atoms with E-state index in [2.05, 4.69) is 10.3 Å². The average Bonchev–Trinajstić information content (AvgIpc) is 3.08. The first-order valence-corrected chi connectivity index (χ1v) is 7.60. The lowest BCUT2D eigenvalue weighted by Crippen LogP contribution is -2.10. The number of phenols is 1. The maximum atomic E-state index is 12.1. The number of phenolic OH excluding ortho intramolecular Hbond substituents is 1. The highest BCUT2D eigenvalue weighted by Crippen LogP contribution is 2.19. The number of rotatable bonds is 7. The Morgan fingerprint density at radius 2 is 2.00 bits per heavy atom. The van der Waals surface area contributed by atoms with Crippen molar-refractivity contribution in [3.63, 3.8) is 0 Å². The normalized spacial score (nSPS) is 10.5. The van der Waals surface area contributed by atoms with Gasteiger partial charge < -0.3 is 9.84 Å². The van der Waals surface area contributed by atoms with E-state index >= 15 is 0 Å². The number of aromatic nitrogens is 3. The number of hydrogen-bond acceptors (Lipinski definition) is 7. The fraction of sp³-hybridized carbons (Fsp3) is 0.118. The van der Waals surface area contributed by atoms with Gasteiger partial charge >= 0.3 is 0 Å². The van der Waals surface area contributed by atoms with Crippen molar-refractivity contribution in [2.45, 2.75) is 13.2 Å². The van der Waals surface area contributed by atoms with Crippen LogP contribution in [-0.2, 0) is 13.2 Å². The summed E-state index contributed by atoms with van der Waals surface area (Å²) in [6, 6.07) is 11.8. The van der Waals surface area contributed by atoms with Gasteiger partial charge in [0.05, 0.1) is 17.2 Å². The lowest BCUT2D eigenvalue weighted by molar-refractivity contribution is -0.384. The van der Waals surface area contributed by atoms with Crippen LogP contribution in [0.2, 0.25) is 0 Å². The van der Waals surface area contributed by atoms with Crippen LogP contribution >= 0.6 is 0 Å². The first-order chi connectivity index (χ1) is 12.5. The predicted octanol–water partition coefficient (Wildman–Crippen LogP) is 2.35. The average molecular weight is 354 g/mol. The van der Waals surface area contributed by atoms with E-state index in [-0.39, 0.29) is 30.4 Å². The maximum absolute atomic E-state index is 12.1. The Hall–Kier alpha value is -3.75. The molecule has 0 saturated heterocycles. The van der Waals surface area contributed by atoms with Gasteiger partial charge in [0.25, 0.3) is 5.69 Å². The van der Waals surface area contributed by atoms with Crippen molar-refractivity contribution >= 4 is 11.5 Å². The Bertz CT molecular complexity index is 936. The molecule has 0 saturated carbocycles. The molecule has 3 aromatic rings. The maximum Gasteiger partial charge on any atom is 0.273 e. The number of carbonyl (C=O) groups is 1. The van der Waals surface area contributed by atoms with Crippen molar-refractivity contribution in [3.05, 3.63) is 76.1 Å². The van der Waals surface area contributed by atoms with Gasteiger partial charge in [-0.15, -0.1) is 5.10 Å². The third-order valence-corrected chi connectivity index (χ3v) is 3.50. The number of nitro groups is 1. The Labute approximate surface area is 147 Å². The third kappa shape index (κ3) is 4.20. The SMILES string of the molecule is O=C(Cn1cc(COc2cccc([N+](=O)[O-])c2)nn1)c1ccc(O)cc1. The second kappa shape index (κ2) is 7.43. The minimum absolute atomic E-state index is 0.00537. The molecular formula is C17H14N4O5. The molecule has 132 valence electrons. The zero-order valence-corrected chi connectivity index (χ0v) is 13.5. The first kappa shape index (κ1) is 17.1. The summed E-state index contributed by atoms with van der Waals surface area (Å²) in [4.78, 5) is 22.4. The number of benzene rings is 2. The highest BCUT2D eigenvalue weighted by molar-refractivity contribution is 5.95. The number of nitro benzene ring substituents is 1. The molecule has 0 radical (unpaired) electrons. The van der Waals surface area contributed by atoms with E-state index in [1.54, 1.807) is 12.3 Å². The molecule has 0 aliphatic carbocycles. The Morgan fingerprint density at radius 3 is 2.73 bits per heavy atom. The van der Waals surface area contributed by atoms with Gasteiger partial charge in [0.2, 0.25) is 0 Å². The molecule has 0 atom stereocenters. The summed E-state index contributed by atoms with van der Waals surface area (Å²) in [5.74, 6) is 0.248. The van der Waals surface area contributed by atoms with Gasteiger partial charge in [-0.1, -0.05) is 11.3 Å². The standard InChI is InChI=1S/C17H14N4O5/c22-15-6-4-12(5-7-15)17(23)10-20-9-13(18-19-20)11-26-16-3-1-2-14(8-16)21(24)25/h1-9,22H,10-11H2. The molecule has 3 rings (SSSR count). The van der Waals surface area contributed by atoms with Crippen LogP contribution in [0.15, 0.2) is 54.7 Å². The van der Waals surface area contributed by atoms with Crippen molar-refractivity contribution in [1.82, 2.24) is 15.0 Å². The molecule has 1 aromatic heterocycles. The monoisotopic (exact) mass is 354 g/mol. The Balaban J connectivity index is 1.59. The van der Waals surface area contributed by atoms with E-state index in [0.717, 1.165) is 0 Å². The number of hydrogen-bond donors (Lipinski definition) is 1. The van der Waals surface area contributed by atoms with Crippen LogP contribution in [0.4, 0.5) is 5.69 Å². The van der Waals surface area contributed by atoms with Crippen LogP contribution < -0.4 is 4.74 Å². The molecule has 0 amide bonds. The van der Waals surface area contributed by atoms with Crippen molar-refractivity contribution in [2.24, 2.45) is 0 Å². The van der Waals surface area contributed by atoms with Gasteiger partial charge in [0.1, 0.15) is 30.3 Å². The minimum atomic E-state index is -0.502. The molecule has 0 aliphatic heterocycles. The van der Waals surface area contributed by atoms with Gasteiger partial charge in [-0.25, -0.2) is 4.68 Å². The number of Topliss-reactive ketones (excluding diaryl/α,β-unsaturated/α-hetero) is 1. The first-order valence-electron chi connectivity index (χ1n) is 7.60. The summed E-state index contributed by atoms with van der Waals surface area (Å²) in [5.41, 5.74) is 0.869. The van der Waals surface area contributed by atoms with Gasteiger partial charge in [-0.05, 0) is 30.3 Å². The molecule has 1 heterocycles. The molecule has 26 heavy (non-hydrogen) atoms. The van der Waals surface area contributed by atoms with Crippen LogP contribution in [0.5, 0.6) is 11.5 Å². The molecule has 1 N–H and O–H groups in total. The minimum Gasteiger partial charge on any atom is -0.508 e. The molecule has 0 aliphatic rings.